The summed E-state index contributed by atoms with van der Waals surface area (Å²) in [5, 5.41) is 3.13. The third kappa shape index (κ3) is 4.75. The van der Waals surface area contributed by atoms with E-state index in [1.807, 2.05) is 24.3 Å². The van der Waals surface area contributed by atoms with Crippen LogP contribution >= 0.6 is 24.0 Å². The fourth-order valence-corrected chi connectivity index (χ4v) is 2.78. The number of nitrogens with zero attached hydrogens (tertiary/aromatic N) is 2. The van der Waals surface area contributed by atoms with Gasteiger partial charge in [-0.1, -0.05) is 38.1 Å². The van der Waals surface area contributed by atoms with Gasteiger partial charge in [-0.15, -0.1) is 24.0 Å². The molecule has 1 heterocycles. The summed E-state index contributed by atoms with van der Waals surface area (Å²) in [6, 6.07) is 14.4. The lowest BCUT2D eigenvalue weighted by Gasteiger charge is -2.10. The van der Waals surface area contributed by atoms with Gasteiger partial charge in [-0.25, -0.2) is 9.98 Å². The Hall–Kier alpha value is -2.09. The van der Waals surface area contributed by atoms with Crippen LogP contribution in [-0.4, -0.2) is 15.9 Å². The number of guanidine groups is 1. The standard InChI is InChI=1S/C20H25N5.HI/c1-4-13(2)15-8-10-16(11-9-15)23-20(21)22-12-18-24-17-7-5-6-14(3)19(17)25-18;/h5-11,13H,4,12H2,1-3H3,(H,24,25)(H3,21,22,23);1H. The summed E-state index contributed by atoms with van der Waals surface area (Å²) < 4.78 is 0. The van der Waals surface area contributed by atoms with E-state index in [2.05, 4.69) is 59.2 Å². The molecular weight excluding hydrogens is 437 g/mol. The average molecular weight is 463 g/mol. The van der Waals surface area contributed by atoms with E-state index in [0.29, 0.717) is 18.4 Å². The average Bonchev–Trinajstić information content (AvgIpc) is 3.04. The van der Waals surface area contributed by atoms with Crippen LogP contribution in [0.15, 0.2) is 47.5 Å². The number of hydrogen-bond donors (Lipinski definition) is 3. The Morgan fingerprint density at radius 3 is 2.62 bits per heavy atom. The van der Waals surface area contributed by atoms with Gasteiger partial charge < -0.3 is 16.0 Å². The minimum Gasteiger partial charge on any atom is -0.370 e. The molecule has 0 bridgehead atoms. The molecule has 0 aliphatic rings. The van der Waals surface area contributed by atoms with E-state index >= 15 is 0 Å². The number of nitrogens with one attached hydrogen (secondary N) is 2. The van der Waals surface area contributed by atoms with Crippen molar-refractivity contribution in [3.8, 4) is 0 Å². The van der Waals surface area contributed by atoms with Crippen LogP contribution in [0.2, 0.25) is 0 Å². The monoisotopic (exact) mass is 463 g/mol. The number of imidazole rings is 1. The molecule has 0 aliphatic carbocycles. The first kappa shape index (κ1) is 20.2. The van der Waals surface area contributed by atoms with Crippen LogP contribution in [-0.2, 0) is 6.54 Å². The van der Waals surface area contributed by atoms with Crippen molar-refractivity contribution in [3.05, 3.63) is 59.4 Å². The molecule has 1 aromatic heterocycles. The van der Waals surface area contributed by atoms with Crippen LogP contribution in [0.25, 0.3) is 11.0 Å². The molecule has 0 fully saturated rings. The van der Waals surface area contributed by atoms with Gasteiger partial charge in [-0.2, -0.15) is 0 Å². The minimum absolute atomic E-state index is 0. The van der Waals surface area contributed by atoms with Gasteiger partial charge >= 0.3 is 0 Å². The highest BCUT2D eigenvalue weighted by molar-refractivity contribution is 14.0. The molecule has 0 aliphatic heterocycles. The number of para-hydroxylation sites is 1. The summed E-state index contributed by atoms with van der Waals surface area (Å²) in [7, 11) is 0. The van der Waals surface area contributed by atoms with Gasteiger partial charge in [0.2, 0.25) is 0 Å². The Balaban J connectivity index is 0.00000243. The Bertz CT molecular complexity index is 883. The van der Waals surface area contributed by atoms with Crippen LogP contribution in [0.4, 0.5) is 5.69 Å². The van der Waals surface area contributed by atoms with E-state index in [4.69, 9.17) is 5.73 Å². The number of halogens is 1. The predicted molar refractivity (Wildman–Crippen MR) is 120 cm³/mol. The van der Waals surface area contributed by atoms with Crippen LogP contribution < -0.4 is 11.1 Å². The molecule has 1 atom stereocenters. The number of aromatic amines is 1. The molecule has 5 nitrogen and oxygen atoms in total. The highest BCUT2D eigenvalue weighted by atomic mass is 127. The highest BCUT2D eigenvalue weighted by Crippen LogP contribution is 2.20. The second-order valence-electron chi connectivity index (χ2n) is 6.41. The Morgan fingerprint density at radius 1 is 1.23 bits per heavy atom. The topological polar surface area (TPSA) is 79.1 Å². The number of H-pyrrole nitrogens is 1. The number of fused-ring (bicyclic) bond motifs is 1. The van der Waals surface area contributed by atoms with Crippen LogP contribution in [0.3, 0.4) is 0 Å². The largest absolute Gasteiger partial charge is 0.370 e. The Kier molecular flexibility index (Phi) is 7.02. The Morgan fingerprint density at radius 2 is 1.96 bits per heavy atom. The third-order valence-corrected chi connectivity index (χ3v) is 4.53. The van der Waals surface area contributed by atoms with Crippen molar-refractivity contribution in [3.63, 3.8) is 0 Å². The SMILES string of the molecule is CCC(C)c1ccc(NC(N)=NCc2nc3c(C)cccc3[nH]2)cc1.I. The summed E-state index contributed by atoms with van der Waals surface area (Å²) >= 11 is 0. The van der Waals surface area contributed by atoms with Crippen molar-refractivity contribution < 1.29 is 0 Å². The van der Waals surface area contributed by atoms with Gasteiger partial charge in [0.15, 0.2) is 5.96 Å². The summed E-state index contributed by atoms with van der Waals surface area (Å²) in [4.78, 5) is 12.2. The summed E-state index contributed by atoms with van der Waals surface area (Å²) in [6.07, 6.45) is 1.13. The molecule has 0 saturated carbocycles. The highest BCUT2D eigenvalue weighted by Gasteiger charge is 2.05. The van der Waals surface area contributed by atoms with Gasteiger partial charge in [0, 0.05) is 5.69 Å². The van der Waals surface area contributed by atoms with E-state index in [0.717, 1.165) is 34.5 Å². The molecule has 6 heteroatoms. The van der Waals surface area contributed by atoms with Gasteiger partial charge in [-0.05, 0) is 48.6 Å². The summed E-state index contributed by atoms with van der Waals surface area (Å²) in [6.45, 7) is 6.89. The van der Waals surface area contributed by atoms with Gasteiger partial charge in [0.05, 0.1) is 11.0 Å². The van der Waals surface area contributed by atoms with Crippen molar-refractivity contribution in [2.45, 2.75) is 39.7 Å². The number of aromatic nitrogens is 2. The van der Waals surface area contributed by atoms with E-state index in [-0.39, 0.29) is 24.0 Å². The number of aryl methyl sites for hydroxylation is 1. The van der Waals surface area contributed by atoms with Gasteiger partial charge in [0.1, 0.15) is 12.4 Å². The number of hydrogen-bond acceptors (Lipinski definition) is 2. The van der Waals surface area contributed by atoms with Crippen molar-refractivity contribution in [1.82, 2.24) is 9.97 Å². The molecule has 0 radical (unpaired) electrons. The smallest absolute Gasteiger partial charge is 0.193 e. The first-order valence-electron chi connectivity index (χ1n) is 8.68. The molecule has 0 saturated heterocycles. The molecule has 0 amide bonds. The number of nitrogens with two attached hydrogens (primary N) is 1. The lowest BCUT2D eigenvalue weighted by Crippen LogP contribution is -2.22. The van der Waals surface area contributed by atoms with Crippen molar-refractivity contribution in [2.24, 2.45) is 10.7 Å². The van der Waals surface area contributed by atoms with E-state index in [9.17, 15) is 0 Å². The molecular formula is C20H26IN5. The first-order chi connectivity index (χ1) is 12.1. The van der Waals surface area contributed by atoms with Crippen LogP contribution in [0, 0.1) is 6.92 Å². The zero-order valence-corrected chi connectivity index (χ0v) is 17.7. The zero-order valence-electron chi connectivity index (χ0n) is 15.4. The fraction of sp³-hybridized carbons (Fsp3) is 0.300. The van der Waals surface area contributed by atoms with Crippen LogP contribution in [0.1, 0.15) is 43.1 Å². The van der Waals surface area contributed by atoms with E-state index in [1.165, 1.54) is 5.56 Å². The maximum absolute atomic E-state index is 6.00. The number of rotatable bonds is 5. The van der Waals surface area contributed by atoms with Crippen molar-refractivity contribution in [1.29, 1.82) is 0 Å². The van der Waals surface area contributed by atoms with Gasteiger partial charge in [-0.3, -0.25) is 0 Å². The first-order valence-corrected chi connectivity index (χ1v) is 8.68. The molecule has 26 heavy (non-hydrogen) atoms. The van der Waals surface area contributed by atoms with Crippen molar-refractivity contribution >= 4 is 46.7 Å². The number of aliphatic imine (C=N–C) groups is 1. The summed E-state index contributed by atoms with van der Waals surface area (Å²) in [5.41, 5.74) is 11.4. The molecule has 4 N–H and O–H groups in total. The second kappa shape index (κ2) is 9.02. The molecule has 138 valence electrons. The van der Waals surface area contributed by atoms with Gasteiger partial charge in [0.25, 0.3) is 0 Å². The maximum atomic E-state index is 6.00. The molecule has 3 aromatic rings. The lowest BCUT2D eigenvalue weighted by atomic mass is 9.99. The second-order valence-corrected chi connectivity index (χ2v) is 6.41. The fourth-order valence-electron chi connectivity index (χ4n) is 2.78. The van der Waals surface area contributed by atoms with Crippen LogP contribution in [0.5, 0.6) is 0 Å². The normalized spacial score (nSPS) is 12.7. The van der Waals surface area contributed by atoms with E-state index < -0.39 is 0 Å². The van der Waals surface area contributed by atoms with E-state index in [1.54, 1.807) is 0 Å². The van der Waals surface area contributed by atoms with Crippen molar-refractivity contribution in [2.75, 3.05) is 5.32 Å². The number of anilines is 1. The molecule has 0 spiro atoms. The third-order valence-electron chi connectivity index (χ3n) is 4.53. The predicted octanol–water partition coefficient (Wildman–Crippen LogP) is 4.93. The molecule has 3 rings (SSSR count). The quantitative estimate of drug-likeness (QED) is 0.285. The number of benzene rings is 2. The lowest BCUT2D eigenvalue weighted by molar-refractivity contribution is 0.734. The maximum Gasteiger partial charge on any atom is 0.193 e. The minimum atomic E-state index is 0. The molecule has 2 aromatic carbocycles. The summed E-state index contributed by atoms with van der Waals surface area (Å²) in [5.74, 6) is 1.76. The Labute approximate surface area is 171 Å². The zero-order chi connectivity index (χ0) is 17.8. The molecule has 1 unspecified atom stereocenters.